The minimum absolute atomic E-state index is 0.0478. The Bertz CT molecular complexity index is 742. The van der Waals surface area contributed by atoms with Crippen LogP contribution in [0.2, 0.25) is 0 Å². The summed E-state index contributed by atoms with van der Waals surface area (Å²) in [6.45, 7) is 1.86. The average Bonchev–Trinajstić information content (AvgIpc) is 2.69. The third-order valence-corrected chi connectivity index (χ3v) is 4.88. The lowest BCUT2D eigenvalue weighted by Crippen LogP contribution is -2.50. The number of hydrogen-bond acceptors (Lipinski definition) is 4. The van der Waals surface area contributed by atoms with Crippen molar-refractivity contribution in [3.05, 3.63) is 71.8 Å². The Balaban J connectivity index is 1.76. The number of carbonyl (C=O) groups is 2. The van der Waals surface area contributed by atoms with Gasteiger partial charge in [0.15, 0.2) is 0 Å². The molecular formula is C22H26N2O4. The first-order chi connectivity index (χ1) is 13.5. The second kappa shape index (κ2) is 9.48. The highest BCUT2D eigenvalue weighted by Crippen LogP contribution is 2.27. The van der Waals surface area contributed by atoms with Gasteiger partial charge in [0.2, 0.25) is 5.91 Å². The van der Waals surface area contributed by atoms with Gasteiger partial charge in [-0.3, -0.25) is 14.5 Å². The molecule has 0 bridgehead atoms. The highest BCUT2D eigenvalue weighted by atomic mass is 16.5. The van der Waals surface area contributed by atoms with Crippen molar-refractivity contribution in [2.45, 2.75) is 12.0 Å². The van der Waals surface area contributed by atoms with Gasteiger partial charge in [-0.25, -0.2) is 0 Å². The van der Waals surface area contributed by atoms with Crippen molar-refractivity contribution < 1.29 is 19.4 Å². The molecule has 1 amide bonds. The number of carbonyl (C=O) groups excluding carboxylic acids is 1. The molecular weight excluding hydrogens is 356 g/mol. The van der Waals surface area contributed by atoms with E-state index in [9.17, 15) is 9.59 Å². The molecule has 1 aliphatic heterocycles. The second-order valence-electron chi connectivity index (χ2n) is 7.12. The summed E-state index contributed by atoms with van der Waals surface area (Å²) in [5, 5.41) is 8.93. The molecule has 0 spiro atoms. The van der Waals surface area contributed by atoms with Crippen molar-refractivity contribution in [2.24, 2.45) is 0 Å². The number of likely N-dealkylation sites (N-methyl/N-ethyl adjacent to an activating group) is 1. The van der Waals surface area contributed by atoms with Crippen molar-refractivity contribution in [2.75, 3.05) is 39.8 Å². The van der Waals surface area contributed by atoms with Gasteiger partial charge in [0.05, 0.1) is 25.2 Å². The molecule has 6 heteroatoms. The number of carboxylic acid groups (broad SMARTS) is 1. The van der Waals surface area contributed by atoms with Crippen LogP contribution < -0.4 is 0 Å². The van der Waals surface area contributed by atoms with Crippen LogP contribution in [-0.4, -0.2) is 72.7 Å². The summed E-state index contributed by atoms with van der Waals surface area (Å²) in [5.41, 5.74) is 1.93. The smallest absolute Gasteiger partial charge is 0.317 e. The van der Waals surface area contributed by atoms with Crippen molar-refractivity contribution in [3.63, 3.8) is 0 Å². The van der Waals surface area contributed by atoms with Gasteiger partial charge in [-0.05, 0) is 18.2 Å². The van der Waals surface area contributed by atoms with Crippen LogP contribution in [0.25, 0.3) is 0 Å². The zero-order chi connectivity index (χ0) is 19.9. The number of rotatable bonds is 7. The SMILES string of the molecule is CN(CC(=O)O)CC1CN(C(=O)C(c2ccccc2)c2ccccc2)CCO1. The Labute approximate surface area is 165 Å². The molecule has 6 nitrogen and oxygen atoms in total. The highest BCUT2D eigenvalue weighted by Gasteiger charge is 2.31. The molecule has 0 saturated carbocycles. The van der Waals surface area contributed by atoms with E-state index in [4.69, 9.17) is 9.84 Å². The first-order valence-corrected chi connectivity index (χ1v) is 9.45. The van der Waals surface area contributed by atoms with Crippen LogP contribution >= 0.6 is 0 Å². The van der Waals surface area contributed by atoms with Crippen LogP contribution in [0.3, 0.4) is 0 Å². The molecule has 148 valence electrons. The summed E-state index contributed by atoms with van der Waals surface area (Å²) in [6.07, 6.45) is -0.200. The molecule has 1 heterocycles. The van der Waals surface area contributed by atoms with Gasteiger partial charge < -0.3 is 14.7 Å². The molecule has 1 fully saturated rings. The largest absolute Gasteiger partial charge is 0.480 e. The van der Waals surface area contributed by atoms with Gasteiger partial charge in [0.1, 0.15) is 0 Å². The molecule has 1 aliphatic rings. The van der Waals surface area contributed by atoms with Gasteiger partial charge in [-0.2, -0.15) is 0 Å². The highest BCUT2D eigenvalue weighted by molar-refractivity contribution is 5.87. The first-order valence-electron chi connectivity index (χ1n) is 9.45. The molecule has 0 aromatic heterocycles. The minimum atomic E-state index is -0.875. The maximum absolute atomic E-state index is 13.5. The van der Waals surface area contributed by atoms with Crippen molar-refractivity contribution in [1.82, 2.24) is 9.80 Å². The number of benzene rings is 2. The Morgan fingerprint density at radius 3 is 2.21 bits per heavy atom. The van der Waals surface area contributed by atoms with Crippen LogP contribution in [0.15, 0.2) is 60.7 Å². The lowest BCUT2D eigenvalue weighted by Gasteiger charge is -2.36. The molecule has 3 rings (SSSR count). The number of hydrogen-bond donors (Lipinski definition) is 1. The van der Waals surface area contributed by atoms with Crippen molar-refractivity contribution in [1.29, 1.82) is 0 Å². The second-order valence-corrected chi connectivity index (χ2v) is 7.12. The molecule has 2 aromatic rings. The maximum atomic E-state index is 13.5. The maximum Gasteiger partial charge on any atom is 0.317 e. The lowest BCUT2D eigenvalue weighted by atomic mass is 9.90. The van der Waals surface area contributed by atoms with Crippen LogP contribution in [0.5, 0.6) is 0 Å². The van der Waals surface area contributed by atoms with Crippen LogP contribution in [0.4, 0.5) is 0 Å². The monoisotopic (exact) mass is 382 g/mol. The van der Waals surface area contributed by atoms with Gasteiger partial charge in [0, 0.05) is 19.6 Å². The Morgan fingerprint density at radius 2 is 1.68 bits per heavy atom. The van der Waals surface area contributed by atoms with Gasteiger partial charge >= 0.3 is 5.97 Å². The Morgan fingerprint density at radius 1 is 1.11 bits per heavy atom. The number of aliphatic carboxylic acids is 1. The van der Waals surface area contributed by atoms with Gasteiger partial charge in [-0.15, -0.1) is 0 Å². The molecule has 1 N–H and O–H groups in total. The van der Waals surface area contributed by atoms with Gasteiger partial charge in [0.25, 0.3) is 0 Å². The quantitative estimate of drug-likeness (QED) is 0.794. The lowest BCUT2D eigenvalue weighted by molar-refractivity contribution is -0.142. The fourth-order valence-electron chi connectivity index (χ4n) is 3.62. The third-order valence-electron chi connectivity index (χ3n) is 4.88. The van der Waals surface area contributed by atoms with Crippen LogP contribution in [-0.2, 0) is 14.3 Å². The molecule has 0 aliphatic carbocycles. The van der Waals surface area contributed by atoms with E-state index in [-0.39, 0.29) is 24.5 Å². The standard InChI is InChI=1S/C22H26N2O4/c1-23(16-20(25)26)14-19-15-24(12-13-28-19)22(27)21(17-8-4-2-5-9-17)18-10-6-3-7-11-18/h2-11,19,21H,12-16H2,1H3,(H,25,26). The van der Waals surface area contributed by atoms with E-state index in [0.29, 0.717) is 26.2 Å². The first kappa shape index (κ1) is 20.0. The predicted octanol–water partition coefficient (Wildman–Crippen LogP) is 2.06. The zero-order valence-electron chi connectivity index (χ0n) is 16.0. The Kier molecular flexibility index (Phi) is 6.79. The summed E-state index contributed by atoms with van der Waals surface area (Å²) < 4.78 is 5.77. The predicted molar refractivity (Wildman–Crippen MR) is 106 cm³/mol. The van der Waals surface area contributed by atoms with E-state index < -0.39 is 5.97 Å². The van der Waals surface area contributed by atoms with Crippen LogP contribution in [0, 0.1) is 0 Å². The van der Waals surface area contributed by atoms with E-state index in [2.05, 4.69) is 0 Å². The fraction of sp³-hybridized carbons (Fsp3) is 0.364. The number of amides is 1. The Hall–Kier alpha value is -2.70. The normalized spacial score (nSPS) is 17.1. The molecule has 28 heavy (non-hydrogen) atoms. The van der Waals surface area contributed by atoms with E-state index in [0.717, 1.165) is 11.1 Å². The molecule has 1 saturated heterocycles. The van der Waals surface area contributed by atoms with Gasteiger partial charge in [-0.1, -0.05) is 60.7 Å². The summed E-state index contributed by atoms with van der Waals surface area (Å²) >= 11 is 0. The van der Waals surface area contributed by atoms with E-state index in [1.54, 1.807) is 11.9 Å². The minimum Gasteiger partial charge on any atom is -0.480 e. The molecule has 1 atom stereocenters. The molecule has 2 aromatic carbocycles. The van der Waals surface area contributed by atoms with Crippen LogP contribution in [0.1, 0.15) is 17.0 Å². The van der Waals surface area contributed by atoms with E-state index >= 15 is 0 Å². The molecule has 1 unspecified atom stereocenters. The number of ether oxygens (including phenoxy) is 1. The summed E-state index contributed by atoms with van der Waals surface area (Å²) in [7, 11) is 1.75. The number of carboxylic acids is 1. The van der Waals surface area contributed by atoms with E-state index in [1.807, 2.05) is 65.6 Å². The van der Waals surface area contributed by atoms with Crippen molar-refractivity contribution in [3.8, 4) is 0 Å². The fourth-order valence-corrected chi connectivity index (χ4v) is 3.62. The topological polar surface area (TPSA) is 70.1 Å². The van der Waals surface area contributed by atoms with E-state index in [1.165, 1.54) is 0 Å². The average molecular weight is 382 g/mol. The third kappa shape index (κ3) is 5.18. The summed E-state index contributed by atoms with van der Waals surface area (Å²) in [4.78, 5) is 27.9. The summed E-state index contributed by atoms with van der Waals surface area (Å²) in [6, 6.07) is 19.6. The van der Waals surface area contributed by atoms with Crippen molar-refractivity contribution >= 4 is 11.9 Å². The summed E-state index contributed by atoms with van der Waals surface area (Å²) in [5.74, 6) is -1.19. The number of morpholine rings is 1. The molecule has 0 radical (unpaired) electrons. The number of nitrogens with zero attached hydrogens (tertiary/aromatic N) is 2. The zero-order valence-corrected chi connectivity index (χ0v) is 16.0.